The van der Waals surface area contributed by atoms with E-state index >= 15 is 0 Å². The second-order valence-corrected chi connectivity index (χ2v) is 3.78. The van der Waals surface area contributed by atoms with Gasteiger partial charge in [-0.05, 0) is 15.8 Å². The number of nitrogens with one attached hydrogen (secondary N) is 1. The molecule has 0 fully saturated rings. The first-order valence-electron chi connectivity index (χ1n) is 2.02. The van der Waals surface area contributed by atoms with E-state index < -0.39 is 10.2 Å². The lowest BCUT2D eigenvalue weighted by atomic mass is 11.1. The highest BCUT2D eigenvalue weighted by atomic mass is 79.9. The summed E-state index contributed by atoms with van der Waals surface area (Å²) in [5.41, 5.74) is 2.40. The van der Waals surface area contributed by atoms with Gasteiger partial charge in [0.2, 0.25) is 0 Å². The molecule has 0 saturated carbocycles. The van der Waals surface area contributed by atoms with E-state index in [1.54, 1.807) is 5.41 Å². The molecule has 0 aromatic rings. The fourth-order valence-electron chi connectivity index (χ4n) is 0.341. The molecule has 0 aromatic carbocycles. The van der Waals surface area contributed by atoms with Gasteiger partial charge in [0.05, 0.1) is 0 Å². The van der Waals surface area contributed by atoms with Crippen LogP contribution in [0.5, 0.6) is 0 Å². The molecule has 60 valence electrons. The molecule has 0 amide bonds. The summed E-state index contributed by atoms with van der Waals surface area (Å²) in [5, 5.41) is 6.29. The van der Waals surface area contributed by atoms with E-state index in [1.165, 1.54) is 6.20 Å². The monoisotopic (exact) mass is 247 g/mol. The summed E-state index contributed by atoms with van der Waals surface area (Å²) in [4.78, 5) is 0. The molecule has 1 aliphatic heterocycles. The van der Waals surface area contributed by atoms with Crippen LogP contribution < -0.4 is 10.6 Å². The molecule has 8 heteroatoms. The molecule has 1 heterocycles. The van der Waals surface area contributed by atoms with Crippen LogP contribution in [0.25, 0.3) is 0 Å². The number of nitrogens with two attached hydrogens (primary N) is 1. The lowest BCUT2D eigenvalue weighted by Crippen LogP contribution is -2.36. The lowest BCUT2D eigenvalue weighted by molar-refractivity contribution is 0.521. The maximum atomic E-state index is 10.4. The third-order valence-electron chi connectivity index (χ3n) is 0.636. The zero-order valence-electron chi connectivity index (χ0n) is 4.72. The zero-order chi connectivity index (χ0) is 6.91. The summed E-state index contributed by atoms with van der Waals surface area (Å²) in [7, 11) is -3.58. The number of hydrazine groups is 1. The van der Waals surface area contributed by atoms with Crippen LogP contribution in [0.4, 0.5) is 0 Å². The normalized spacial score (nSPS) is 18.1. The Kier molecular flexibility index (Phi) is 3.66. The van der Waals surface area contributed by atoms with Crippen molar-refractivity contribution < 1.29 is 8.42 Å². The van der Waals surface area contributed by atoms with Gasteiger partial charge in [0.25, 0.3) is 0 Å². The van der Waals surface area contributed by atoms with Crippen molar-refractivity contribution in [3.63, 3.8) is 0 Å². The van der Waals surface area contributed by atoms with Gasteiger partial charge < -0.3 is 5.43 Å². The van der Waals surface area contributed by atoms with E-state index in [-0.39, 0.29) is 17.0 Å². The van der Waals surface area contributed by atoms with Crippen LogP contribution in [-0.4, -0.2) is 12.2 Å². The summed E-state index contributed by atoms with van der Waals surface area (Å²) in [6.45, 7) is 0. The average Bonchev–Trinajstić information content (AvgIpc) is 2.08. The smallest absolute Gasteiger partial charge is 0.301 e. The molecule has 10 heavy (non-hydrogen) atoms. The molecule has 0 bridgehead atoms. The highest BCUT2D eigenvalue weighted by Gasteiger charge is 2.17. The van der Waals surface area contributed by atoms with E-state index in [1.807, 2.05) is 0 Å². The van der Waals surface area contributed by atoms with Crippen molar-refractivity contribution in [2.24, 2.45) is 5.14 Å². The van der Waals surface area contributed by atoms with Gasteiger partial charge in [0.1, 0.15) is 0 Å². The van der Waals surface area contributed by atoms with E-state index in [0.29, 0.717) is 0 Å². The third-order valence-corrected chi connectivity index (χ3v) is 2.64. The predicted octanol–water partition coefficient (Wildman–Crippen LogP) is -0.293. The van der Waals surface area contributed by atoms with Crippen LogP contribution in [0, 0.1) is 0 Å². The van der Waals surface area contributed by atoms with Crippen LogP contribution in [0.3, 0.4) is 0 Å². The van der Waals surface area contributed by atoms with Gasteiger partial charge in [-0.25, -0.2) is 5.14 Å². The predicted molar refractivity (Wildman–Crippen MR) is 45.1 cm³/mol. The van der Waals surface area contributed by atoms with Gasteiger partial charge in [-0.2, -0.15) is 8.42 Å². The Balaban J connectivity index is 0.000000810. The number of rotatable bonds is 1. The quantitative estimate of drug-likeness (QED) is 0.625. The summed E-state index contributed by atoms with van der Waals surface area (Å²) >= 11 is 0.978. The Bertz CT molecular complexity index is 217. The third kappa shape index (κ3) is 2.46. The Morgan fingerprint density at radius 3 is 2.40 bits per heavy atom. The van der Waals surface area contributed by atoms with Gasteiger partial charge in [-0.3, -0.25) is 0 Å². The first-order valence-corrected chi connectivity index (χ1v) is 4.36. The lowest BCUT2D eigenvalue weighted by Gasteiger charge is -2.08. The molecule has 0 atom stereocenters. The molecule has 0 unspecified atom stereocenters. The van der Waals surface area contributed by atoms with Crippen LogP contribution in [0.2, 0.25) is 0 Å². The van der Waals surface area contributed by atoms with Crippen molar-refractivity contribution in [2.45, 2.75) is 0 Å². The minimum atomic E-state index is -3.58. The minimum Gasteiger partial charge on any atom is -0.301 e. The molecule has 0 aliphatic carbocycles. The highest BCUT2D eigenvalue weighted by molar-refractivity contribution is 8.93. The Hall–Kier alpha value is 0.240. The topological polar surface area (TPSA) is 75.4 Å². The Labute approximate surface area is 73.7 Å². The van der Waals surface area contributed by atoms with Crippen LogP contribution in [0.15, 0.2) is 11.6 Å². The van der Waals surface area contributed by atoms with Crippen LogP contribution in [-0.2, 0) is 10.2 Å². The standard InChI is InChI=1S/C2H5N3O2S2.BrH/c3-9(6,7)5-4-1-2-8-5;/h1-2,4H,(H2,3,6,7);1H. The van der Waals surface area contributed by atoms with E-state index in [4.69, 9.17) is 5.14 Å². The molecule has 0 aromatic heterocycles. The van der Waals surface area contributed by atoms with Crippen molar-refractivity contribution in [1.29, 1.82) is 0 Å². The summed E-state index contributed by atoms with van der Waals surface area (Å²) < 4.78 is 21.7. The summed E-state index contributed by atoms with van der Waals surface area (Å²) in [5.74, 6) is 0. The molecule has 1 aliphatic rings. The first-order chi connectivity index (χ1) is 4.11. The number of halogens is 1. The van der Waals surface area contributed by atoms with Gasteiger partial charge in [0.15, 0.2) is 0 Å². The van der Waals surface area contributed by atoms with Gasteiger partial charge in [0, 0.05) is 11.6 Å². The number of hydrogen-bond acceptors (Lipinski definition) is 4. The van der Waals surface area contributed by atoms with E-state index in [0.717, 1.165) is 15.8 Å². The second kappa shape index (κ2) is 3.58. The molecule has 3 N–H and O–H groups in total. The maximum Gasteiger partial charge on any atom is 0.304 e. The zero-order valence-corrected chi connectivity index (χ0v) is 8.07. The van der Waals surface area contributed by atoms with Crippen molar-refractivity contribution in [1.82, 2.24) is 9.25 Å². The first kappa shape index (κ1) is 10.2. The molecular weight excluding hydrogens is 242 g/mol. The summed E-state index contributed by atoms with van der Waals surface area (Å²) in [6, 6.07) is 0. The van der Waals surface area contributed by atoms with Crippen molar-refractivity contribution >= 4 is 39.1 Å². The van der Waals surface area contributed by atoms with Gasteiger partial charge >= 0.3 is 10.2 Å². The second-order valence-electron chi connectivity index (χ2n) is 1.31. The van der Waals surface area contributed by atoms with Gasteiger partial charge in [-0.1, -0.05) is 0 Å². The largest absolute Gasteiger partial charge is 0.304 e. The van der Waals surface area contributed by atoms with E-state index in [2.05, 4.69) is 5.43 Å². The van der Waals surface area contributed by atoms with Crippen LogP contribution in [0.1, 0.15) is 0 Å². The fraction of sp³-hybridized carbons (Fsp3) is 0. The van der Waals surface area contributed by atoms with Gasteiger partial charge in [-0.15, -0.1) is 17.0 Å². The van der Waals surface area contributed by atoms with Crippen LogP contribution >= 0.6 is 28.9 Å². The molecular formula is C2H6BrN3O2S2. The SMILES string of the molecule is Br.NS(=O)(=O)N1NC=CS1. The molecule has 0 saturated heterocycles. The summed E-state index contributed by atoms with van der Waals surface area (Å²) in [6.07, 6.45) is 1.48. The molecule has 0 radical (unpaired) electrons. The number of hydrogen-bond donors (Lipinski definition) is 2. The Morgan fingerprint density at radius 1 is 1.60 bits per heavy atom. The van der Waals surface area contributed by atoms with Crippen molar-refractivity contribution in [2.75, 3.05) is 0 Å². The highest BCUT2D eigenvalue weighted by Crippen LogP contribution is 2.15. The molecule has 1 rings (SSSR count). The minimum absolute atomic E-state index is 0. The maximum absolute atomic E-state index is 10.4. The van der Waals surface area contributed by atoms with Crippen molar-refractivity contribution in [3.05, 3.63) is 11.6 Å². The number of nitrogens with zero attached hydrogens (tertiary/aromatic N) is 1. The fourth-order valence-corrected chi connectivity index (χ4v) is 1.53. The Morgan fingerprint density at radius 2 is 2.20 bits per heavy atom. The van der Waals surface area contributed by atoms with Crippen molar-refractivity contribution in [3.8, 4) is 0 Å². The molecule has 5 nitrogen and oxygen atoms in total. The average molecular weight is 248 g/mol. The molecule has 0 spiro atoms. The van der Waals surface area contributed by atoms with E-state index in [9.17, 15) is 8.42 Å².